The van der Waals surface area contributed by atoms with Crippen molar-refractivity contribution in [2.24, 2.45) is 0 Å². The topological polar surface area (TPSA) is 89.3 Å². The molecule has 0 aromatic heterocycles. The van der Waals surface area contributed by atoms with Crippen LogP contribution in [0.5, 0.6) is 0 Å². The fraction of sp³-hybridized carbons (Fsp3) is 0.200. The molecule has 0 aliphatic carbocycles. The van der Waals surface area contributed by atoms with E-state index in [9.17, 15) is 40.5 Å². The van der Waals surface area contributed by atoms with E-state index in [1.807, 2.05) is 0 Å². The number of sulfonamides is 1. The molecule has 0 bridgehead atoms. The Morgan fingerprint density at radius 2 is 1.63 bits per heavy atom. The number of rotatable bonds is 6. The van der Waals surface area contributed by atoms with Crippen LogP contribution in [0.3, 0.4) is 0 Å². The average Bonchev–Trinajstić information content (AvgIpc) is 2.52. The summed E-state index contributed by atoms with van der Waals surface area (Å²) >= 11 is 0. The Bertz CT molecular complexity index is 946. The van der Waals surface area contributed by atoms with Crippen LogP contribution < -0.4 is 4.72 Å². The molecule has 1 N–H and O–H groups in total. The van der Waals surface area contributed by atoms with Crippen LogP contribution in [-0.4, -0.2) is 19.5 Å². The summed E-state index contributed by atoms with van der Waals surface area (Å²) in [5, 5.41) is 10.7. The fourth-order valence-electron chi connectivity index (χ4n) is 2.22. The molecule has 0 aliphatic rings. The second-order valence-corrected chi connectivity index (χ2v) is 7.16. The molecule has 146 valence electrons. The van der Waals surface area contributed by atoms with Crippen LogP contribution in [0.1, 0.15) is 18.0 Å². The predicted octanol–water partition coefficient (Wildman–Crippen LogP) is 3.85. The smallest absolute Gasteiger partial charge is 0.258 e. The minimum atomic E-state index is -4.78. The zero-order chi connectivity index (χ0) is 20.4. The number of nitrogens with zero attached hydrogens (tertiary/aromatic N) is 1. The highest BCUT2D eigenvalue weighted by molar-refractivity contribution is 7.89. The van der Waals surface area contributed by atoms with E-state index in [1.165, 1.54) is 0 Å². The molecule has 0 heterocycles. The van der Waals surface area contributed by atoms with E-state index in [0.717, 1.165) is 24.3 Å². The van der Waals surface area contributed by atoms with E-state index in [2.05, 4.69) is 0 Å². The minimum absolute atomic E-state index is 0.191. The number of non-ortho nitro benzene ring substituents is 1. The van der Waals surface area contributed by atoms with E-state index in [0.29, 0.717) is 18.2 Å². The third kappa shape index (κ3) is 5.69. The van der Waals surface area contributed by atoms with Gasteiger partial charge in [-0.3, -0.25) is 10.1 Å². The maximum atomic E-state index is 13.5. The molecule has 0 spiro atoms. The number of benzene rings is 2. The normalized spacial score (nSPS) is 13.4. The first kappa shape index (κ1) is 20.7. The summed E-state index contributed by atoms with van der Waals surface area (Å²) in [4.78, 5) is 8.78. The number of alkyl halides is 3. The van der Waals surface area contributed by atoms with Gasteiger partial charge in [0.25, 0.3) is 5.69 Å². The summed E-state index contributed by atoms with van der Waals surface area (Å²) in [5.74, 6) is -1.99. The van der Waals surface area contributed by atoms with E-state index < -0.39 is 55.8 Å². The third-order valence-electron chi connectivity index (χ3n) is 3.38. The summed E-state index contributed by atoms with van der Waals surface area (Å²) in [6.07, 6.45) is -6.41. The molecule has 0 saturated heterocycles. The van der Waals surface area contributed by atoms with Gasteiger partial charge >= 0.3 is 6.18 Å². The summed E-state index contributed by atoms with van der Waals surface area (Å²) in [6.45, 7) is 0. The van der Waals surface area contributed by atoms with Crippen LogP contribution in [0.2, 0.25) is 0 Å². The van der Waals surface area contributed by atoms with Crippen molar-refractivity contribution in [2.45, 2.75) is 23.5 Å². The van der Waals surface area contributed by atoms with Gasteiger partial charge in [-0.25, -0.2) is 21.9 Å². The van der Waals surface area contributed by atoms with Gasteiger partial charge in [-0.15, -0.1) is 0 Å². The van der Waals surface area contributed by atoms with Gasteiger partial charge in [0.2, 0.25) is 10.0 Å². The van der Waals surface area contributed by atoms with Crippen LogP contribution in [-0.2, 0) is 10.0 Å². The maximum Gasteiger partial charge on any atom is 0.390 e. The standard InChI is InChI=1S/C15H11F5N2O4S/c16-10-3-1-9(2-4-10)14(8-15(18,19)20)21-27(25,26)13-6-11(17)5-12(7-13)22(23)24/h1-7,14,21H,8H2. The van der Waals surface area contributed by atoms with Gasteiger partial charge in [0.05, 0.1) is 28.3 Å². The van der Waals surface area contributed by atoms with E-state index in [-0.39, 0.29) is 5.56 Å². The number of hydrogen-bond donors (Lipinski definition) is 1. The van der Waals surface area contributed by atoms with Crippen molar-refractivity contribution in [3.63, 3.8) is 0 Å². The van der Waals surface area contributed by atoms with Crippen molar-refractivity contribution < 1.29 is 35.3 Å². The van der Waals surface area contributed by atoms with E-state index in [4.69, 9.17) is 0 Å². The second kappa shape index (κ2) is 7.56. The Morgan fingerprint density at radius 1 is 1.04 bits per heavy atom. The molecule has 0 saturated carbocycles. The Kier molecular flexibility index (Phi) is 5.80. The summed E-state index contributed by atoms with van der Waals surface area (Å²) < 4.78 is 91.4. The Labute approximate surface area is 149 Å². The first-order chi connectivity index (χ1) is 12.4. The fourth-order valence-corrected chi connectivity index (χ4v) is 3.49. The molecule has 27 heavy (non-hydrogen) atoms. The molecule has 0 aliphatic heterocycles. The van der Waals surface area contributed by atoms with Crippen molar-refractivity contribution in [1.29, 1.82) is 0 Å². The van der Waals surface area contributed by atoms with Crippen LogP contribution in [0.15, 0.2) is 47.4 Å². The van der Waals surface area contributed by atoms with Crippen molar-refractivity contribution in [3.05, 3.63) is 69.8 Å². The number of halogens is 5. The largest absolute Gasteiger partial charge is 0.390 e. The molecule has 2 aromatic rings. The molecule has 0 amide bonds. The van der Waals surface area contributed by atoms with Crippen molar-refractivity contribution in [3.8, 4) is 0 Å². The Morgan fingerprint density at radius 3 is 2.15 bits per heavy atom. The zero-order valence-electron chi connectivity index (χ0n) is 13.2. The molecule has 1 atom stereocenters. The van der Waals surface area contributed by atoms with Gasteiger partial charge in [-0.1, -0.05) is 12.1 Å². The summed E-state index contributed by atoms with van der Waals surface area (Å²) in [6, 6.07) is 3.18. The van der Waals surface area contributed by atoms with Crippen LogP contribution in [0.25, 0.3) is 0 Å². The van der Waals surface area contributed by atoms with E-state index in [1.54, 1.807) is 4.72 Å². The lowest BCUT2D eigenvalue weighted by Gasteiger charge is -2.20. The lowest BCUT2D eigenvalue weighted by atomic mass is 10.0. The number of nitrogens with one attached hydrogen (secondary N) is 1. The molecule has 12 heteroatoms. The van der Waals surface area contributed by atoms with E-state index >= 15 is 0 Å². The first-order valence-corrected chi connectivity index (χ1v) is 8.65. The monoisotopic (exact) mass is 410 g/mol. The number of nitro benzene ring substituents is 1. The first-order valence-electron chi connectivity index (χ1n) is 7.17. The minimum Gasteiger partial charge on any atom is -0.258 e. The van der Waals surface area contributed by atoms with Crippen molar-refractivity contribution in [2.75, 3.05) is 0 Å². The molecule has 2 aromatic carbocycles. The van der Waals surface area contributed by atoms with Gasteiger partial charge in [0.15, 0.2) is 0 Å². The van der Waals surface area contributed by atoms with Gasteiger partial charge in [0.1, 0.15) is 11.6 Å². The molecule has 6 nitrogen and oxygen atoms in total. The van der Waals surface area contributed by atoms with Crippen LogP contribution >= 0.6 is 0 Å². The quantitative estimate of drug-likeness (QED) is 0.445. The van der Waals surface area contributed by atoms with Gasteiger partial charge < -0.3 is 0 Å². The highest BCUT2D eigenvalue weighted by atomic mass is 32.2. The van der Waals surface area contributed by atoms with Gasteiger partial charge in [0, 0.05) is 6.07 Å². The molecule has 0 radical (unpaired) electrons. The third-order valence-corrected chi connectivity index (χ3v) is 4.83. The summed E-state index contributed by atoms with van der Waals surface area (Å²) in [5.41, 5.74) is -1.08. The molecule has 1 unspecified atom stereocenters. The number of hydrogen-bond acceptors (Lipinski definition) is 4. The molecule has 2 rings (SSSR count). The lowest BCUT2D eigenvalue weighted by Crippen LogP contribution is -2.32. The SMILES string of the molecule is O=[N+]([O-])c1cc(F)cc(S(=O)(=O)NC(CC(F)(F)F)c2ccc(F)cc2)c1. The molecule has 0 fully saturated rings. The maximum absolute atomic E-state index is 13.5. The lowest BCUT2D eigenvalue weighted by molar-refractivity contribution is -0.385. The van der Waals surface area contributed by atoms with Crippen molar-refractivity contribution >= 4 is 15.7 Å². The second-order valence-electron chi connectivity index (χ2n) is 5.45. The Balaban J connectivity index is 2.43. The van der Waals surface area contributed by atoms with Gasteiger partial charge in [-0.05, 0) is 23.8 Å². The average molecular weight is 410 g/mol. The van der Waals surface area contributed by atoms with Crippen molar-refractivity contribution in [1.82, 2.24) is 4.72 Å². The van der Waals surface area contributed by atoms with Gasteiger partial charge in [-0.2, -0.15) is 13.2 Å². The highest BCUT2D eigenvalue weighted by Crippen LogP contribution is 2.31. The molecular formula is C15H11F5N2O4S. The Hall–Kier alpha value is -2.60. The molecular weight excluding hydrogens is 399 g/mol. The summed E-state index contributed by atoms with van der Waals surface area (Å²) in [7, 11) is -4.76. The highest BCUT2D eigenvalue weighted by Gasteiger charge is 2.35. The number of nitro groups is 1. The predicted molar refractivity (Wildman–Crippen MR) is 83.2 cm³/mol. The van der Waals surface area contributed by atoms with Crippen LogP contribution in [0.4, 0.5) is 27.6 Å². The zero-order valence-corrected chi connectivity index (χ0v) is 14.0. The van der Waals surface area contributed by atoms with Crippen LogP contribution in [0, 0.1) is 21.7 Å².